The summed E-state index contributed by atoms with van der Waals surface area (Å²) in [6, 6.07) is 10.2. The van der Waals surface area contributed by atoms with Gasteiger partial charge < -0.3 is 9.94 Å². The Morgan fingerprint density at radius 1 is 1.17 bits per heavy atom. The van der Waals surface area contributed by atoms with Gasteiger partial charge in [0.25, 0.3) is 0 Å². The second-order valence-electron chi connectivity index (χ2n) is 3.70. The number of halogens is 1. The van der Waals surface area contributed by atoms with E-state index < -0.39 is 10.3 Å². The quantitative estimate of drug-likeness (QED) is 0.795. The molecular weight excluding hydrogens is 274 g/mol. The molecule has 0 atom stereocenters. The number of hydrogen-bond donors (Lipinski definition) is 0. The van der Waals surface area contributed by atoms with Gasteiger partial charge in [-0.2, -0.15) is 8.42 Å². The van der Waals surface area contributed by atoms with E-state index in [1.54, 1.807) is 30.3 Å². The van der Waals surface area contributed by atoms with Crippen molar-refractivity contribution < 1.29 is 8.42 Å². The molecule has 2 rings (SSSR count). The van der Waals surface area contributed by atoms with Crippen LogP contribution in [0.4, 0.5) is 0 Å². The predicted molar refractivity (Wildman–Crippen MR) is 69.6 cm³/mol. The lowest BCUT2D eigenvalue weighted by molar-refractivity contribution is 0.623. The molecule has 0 saturated carbocycles. The number of benzene rings is 1. The highest BCUT2D eigenvalue weighted by molar-refractivity contribution is 7.63. The molecule has 0 aliphatic rings. The van der Waals surface area contributed by atoms with Gasteiger partial charge in [0, 0.05) is 11.4 Å². The fraction of sp³-hybridized carbons (Fsp3) is 0.0833. The summed E-state index contributed by atoms with van der Waals surface area (Å²) in [4.78, 5) is 0. The summed E-state index contributed by atoms with van der Waals surface area (Å²) >= 11 is 5.77. The van der Waals surface area contributed by atoms with Gasteiger partial charge in [-0.3, -0.25) is 0 Å². The summed E-state index contributed by atoms with van der Waals surface area (Å²) in [6.45, 7) is 0. The van der Waals surface area contributed by atoms with Crippen LogP contribution in [0.5, 0.6) is 0 Å². The molecular formula is C12H9ClNO3S-. The Bertz CT molecular complexity index is 725. The summed E-state index contributed by atoms with van der Waals surface area (Å²) in [5, 5.41) is 12.0. The van der Waals surface area contributed by atoms with Crippen LogP contribution in [0, 0.1) is 9.85 Å². The van der Waals surface area contributed by atoms with Crippen molar-refractivity contribution in [2.75, 3.05) is 0 Å². The first-order valence-electron chi connectivity index (χ1n) is 5.12. The molecule has 0 aliphatic heterocycles. The molecule has 0 amide bonds. The van der Waals surface area contributed by atoms with E-state index in [9.17, 15) is 13.6 Å². The third-order valence-corrected chi connectivity index (χ3v) is 3.47. The van der Waals surface area contributed by atoms with Crippen LogP contribution < -0.4 is 0 Å². The molecule has 0 radical (unpaired) electrons. The zero-order valence-electron chi connectivity index (χ0n) is 9.21. The maximum atomic E-state index is 11.4. The Morgan fingerprint density at radius 2 is 1.83 bits per heavy atom. The van der Waals surface area contributed by atoms with Crippen LogP contribution >= 0.6 is 11.6 Å². The van der Waals surface area contributed by atoms with Crippen molar-refractivity contribution >= 4 is 21.9 Å². The summed E-state index contributed by atoms with van der Waals surface area (Å²) in [5.74, 6) is 0. The van der Waals surface area contributed by atoms with E-state index in [0.717, 1.165) is 11.8 Å². The van der Waals surface area contributed by atoms with Gasteiger partial charge in [-0.15, -0.1) is 0 Å². The maximum absolute atomic E-state index is 11.4. The lowest BCUT2D eigenvalue weighted by Gasteiger charge is -2.12. The third-order valence-electron chi connectivity index (χ3n) is 2.46. The molecule has 0 saturated heterocycles. The van der Waals surface area contributed by atoms with Crippen LogP contribution in [0.1, 0.15) is 11.1 Å². The summed E-state index contributed by atoms with van der Waals surface area (Å²) in [7, 11) is -2.56. The fourth-order valence-corrected chi connectivity index (χ4v) is 2.34. The number of pyridine rings is 1. The van der Waals surface area contributed by atoms with Crippen molar-refractivity contribution in [2.24, 2.45) is 0 Å². The van der Waals surface area contributed by atoms with E-state index in [4.69, 9.17) is 11.6 Å². The minimum Gasteiger partial charge on any atom is -0.805 e. The van der Waals surface area contributed by atoms with Crippen molar-refractivity contribution in [1.29, 1.82) is 0 Å². The first-order valence-corrected chi connectivity index (χ1v) is 6.58. The number of hydrogen-bond acceptors (Lipinski definition) is 3. The molecule has 0 fully saturated rings. The third kappa shape index (κ3) is 2.75. The average Bonchev–Trinajstić information content (AvgIpc) is 2.32. The van der Waals surface area contributed by atoms with Crippen LogP contribution in [0.3, 0.4) is 0 Å². The molecule has 0 bridgehead atoms. The second kappa shape index (κ2) is 5.29. The normalized spacial score (nSPS) is 10.3. The van der Waals surface area contributed by atoms with E-state index in [-0.39, 0.29) is 4.64 Å². The Hall–Kier alpha value is -1.72. The fourth-order valence-electron chi connectivity index (χ4n) is 1.66. The molecule has 94 valence electrons. The van der Waals surface area contributed by atoms with Gasteiger partial charge in [-0.05, 0) is 35.5 Å². The van der Waals surface area contributed by atoms with Crippen LogP contribution in [-0.2, 0) is 16.7 Å². The van der Waals surface area contributed by atoms with Crippen molar-refractivity contribution in [2.45, 2.75) is 6.42 Å². The molecule has 6 heteroatoms. The monoisotopic (exact) mass is 282 g/mol. The van der Waals surface area contributed by atoms with Gasteiger partial charge in [0.2, 0.25) is 10.3 Å². The Balaban J connectivity index is 2.51. The highest BCUT2D eigenvalue weighted by atomic mass is 35.5. The summed E-state index contributed by atoms with van der Waals surface area (Å²) in [6.07, 6.45) is 1.53. The van der Waals surface area contributed by atoms with Crippen molar-refractivity contribution in [1.82, 2.24) is 4.73 Å². The predicted octanol–water partition coefficient (Wildman–Crippen LogP) is 2.49. The minimum absolute atomic E-state index is 0.243. The molecule has 18 heavy (non-hydrogen) atoms. The molecule has 4 nitrogen and oxygen atoms in total. The minimum atomic E-state index is -2.56. The standard InChI is InChI=1S/C12H9ClNO3S/c13-11-5-3-9(4-6-11)8-10-2-1-7-14(15)12(10)18(16)17/h1-7H,8H2/q-1. The molecule has 1 aromatic carbocycles. The molecule has 0 spiro atoms. The SMILES string of the molecule is O=S(=O)=c1c(Cc2ccc(Cl)cc2)cccn1[O-]. The van der Waals surface area contributed by atoms with Crippen LogP contribution in [0.25, 0.3) is 0 Å². The molecule has 0 aliphatic carbocycles. The van der Waals surface area contributed by atoms with Gasteiger partial charge in [0.05, 0.1) is 0 Å². The highest BCUT2D eigenvalue weighted by Gasteiger charge is 2.01. The highest BCUT2D eigenvalue weighted by Crippen LogP contribution is 2.14. The van der Waals surface area contributed by atoms with E-state index in [1.807, 2.05) is 0 Å². The van der Waals surface area contributed by atoms with Crippen molar-refractivity contribution in [3.63, 3.8) is 0 Å². The lowest BCUT2D eigenvalue weighted by atomic mass is 10.1. The number of aromatic nitrogens is 1. The average molecular weight is 283 g/mol. The zero-order chi connectivity index (χ0) is 13.1. The van der Waals surface area contributed by atoms with Crippen LogP contribution in [0.2, 0.25) is 5.02 Å². The molecule has 0 unspecified atom stereocenters. The topological polar surface area (TPSA) is 62.1 Å². The molecule has 1 heterocycles. The van der Waals surface area contributed by atoms with Crippen LogP contribution in [-0.4, -0.2) is 13.1 Å². The summed E-state index contributed by atoms with van der Waals surface area (Å²) in [5.41, 5.74) is 1.35. The first-order chi connectivity index (χ1) is 8.58. The zero-order valence-corrected chi connectivity index (χ0v) is 10.8. The van der Waals surface area contributed by atoms with E-state index in [0.29, 0.717) is 21.7 Å². The van der Waals surface area contributed by atoms with Crippen LogP contribution in [0.15, 0.2) is 42.6 Å². The Morgan fingerprint density at radius 3 is 2.44 bits per heavy atom. The van der Waals surface area contributed by atoms with Gasteiger partial charge in [-0.1, -0.05) is 29.8 Å². The number of nitrogens with zero attached hydrogens (tertiary/aromatic N) is 1. The largest absolute Gasteiger partial charge is 0.805 e. The van der Waals surface area contributed by atoms with Gasteiger partial charge in [-0.25, -0.2) is 0 Å². The molecule has 2 aromatic rings. The smallest absolute Gasteiger partial charge is 0.238 e. The maximum Gasteiger partial charge on any atom is 0.238 e. The van der Waals surface area contributed by atoms with Gasteiger partial charge in [0.15, 0.2) is 4.64 Å². The summed E-state index contributed by atoms with van der Waals surface area (Å²) < 4.78 is 22.2. The molecule has 1 aromatic heterocycles. The van der Waals surface area contributed by atoms with E-state index >= 15 is 0 Å². The first kappa shape index (κ1) is 12.7. The number of rotatable bonds is 2. The van der Waals surface area contributed by atoms with E-state index in [2.05, 4.69) is 0 Å². The Labute approximate surface area is 110 Å². The van der Waals surface area contributed by atoms with Gasteiger partial charge in [0.1, 0.15) is 0 Å². The lowest BCUT2D eigenvalue weighted by Crippen LogP contribution is -1.99. The Kier molecular flexibility index (Phi) is 3.74. The van der Waals surface area contributed by atoms with Crippen molar-refractivity contribution in [3.8, 4) is 0 Å². The molecule has 0 N–H and O–H groups in total. The second-order valence-corrected chi connectivity index (χ2v) is 4.99. The van der Waals surface area contributed by atoms with Gasteiger partial charge >= 0.3 is 0 Å². The van der Waals surface area contributed by atoms with E-state index in [1.165, 1.54) is 6.07 Å². The van der Waals surface area contributed by atoms with Crippen molar-refractivity contribution in [3.05, 3.63) is 68.6 Å².